The Morgan fingerprint density at radius 3 is 2.68 bits per heavy atom. The van der Waals surface area contributed by atoms with Crippen LogP contribution in [-0.2, 0) is 6.54 Å². The van der Waals surface area contributed by atoms with Gasteiger partial charge in [0.25, 0.3) is 5.91 Å². The minimum Gasteiger partial charge on any atom is -0.336 e. The molecule has 0 aliphatic heterocycles. The van der Waals surface area contributed by atoms with Crippen molar-refractivity contribution >= 4 is 23.0 Å². The Labute approximate surface area is 131 Å². The first-order valence-electron chi connectivity index (χ1n) is 6.69. The fraction of sp³-hybridized carbons (Fsp3) is 0.125. The molecule has 0 aliphatic carbocycles. The largest absolute Gasteiger partial charge is 0.336 e. The van der Waals surface area contributed by atoms with Crippen LogP contribution < -0.4 is 0 Å². The number of fused-ring (bicyclic) bond motifs is 1. The molecule has 4 nitrogen and oxygen atoms in total. The predicted molar refractivity (Wildman–Crippen MR) is 82.4 cm³/mol. The van der Waals surface area contributed by atoms with E-state index in [9.17, 15) is 9.18 Å². The van der Waals surface area contributed by atoms with Gasteiger partial charge in [0, 0.05) is 19.8 Å². The summed E-state index contributed by atoms with van der Waals surface area (Å²) in [5, 5.41) is 4.55. The van der Waals surface area contributed by atoms with Crippen LogP contribution >= 0.6 is 11.6 Å². The van der Waals surface area contributed by atoms with E-state index in [1.807, 2.05) is 12.1 Å². The van der Waals surface area contributed by atoms with Crippen LogP contribution in [-0.4, -0.2) is 27.5 Å². The van der Waals surface area contributed by atoms with Crippen molar-refractivity contribution in [2.45, 2.75) is 6.54 Å². The van der Waals surface area contributed by atoms with Gasteiger partial charge in [0.1, 0.15) is 5.82 Å². The summed E-state index contributed by atoms with van der Waals surface area (Å²) >= 11 is 6.24. The van der Waals surface area contributed by atoms with E-state index in [2.05, 4.69) is 5.10 Å². The first-order valence-corrected chi connectivity index (χ1v) is 7.07. The Morgan fingerprint density at radius 2 is 2.00 bits per heavy atom. The number of halogens is 2. The lowest BCUT2D eigenvalue weighted by atomic mass is 10.2. The molecule has 0 radical (unpaired) electrons. The van der Waals surface area contributed by atoms with Crippen LogP contribution in [0.1, 0.15) is 16.1 Å². The first-order chi connectivity index (χ1) is 10.6. The Hall–Kier alpha value is -2.40. The second-order valence-corrected chi connectivity index (χ2v) is 5.36. The van der Waals surface area contributed by atoms with Crippen LogP contribution in [0.5, 0.6) is 0 Å². The summed E-state index contributed by atoms with van der Waals surface area (Å²) in [6.07, 6.45) is 1.73. The SMILES string of the molecule is CN(Cc1ccc(F)cc1)C(=O)c1nn2ccccc2c1Cl. The van der Waals surface area contributed by atoms with Crippen LogP contribution in [0.3, 0.4) is 0 Å². The lowest BCUT2D eigenvalue weighted by molar-refractivity contribution is 0.0779. The normalized spacial score (nSPS) is 10.9. The van der Waals surface area contributed by atoms with Crippen LogP contribution in [0.15, 0.2) is 48.7 Å². The molecule has 0 bridgehead atoms. The molecular weight excluding hydrogens is 305 g/mol. The van der Waals surface area contributed by atoms with Gasteiger partial charge in [-0.25, -0.2) is 8.91 Å². The van der Waals surface area contributed by atoms with Crippen molar-refractivity contribution in [2.24, 2.45) is 0 Å². The van der Waals surface area contributed by atoms with Gasteiger partial charge < -0.3 is 4.90 Å². The third kappa shape index (κ3) is 2.67. The van der Waals surface area contributed by atoms with Crippen LogP contribution in [0.4, 0.5) is 4.39 Å². The molecule has 22 heavy (non-hydrogen) atoms. The highest BCUT2D eigenvalue weighted by atomic mass is 35.5. The summed E-state index contributed by atoms with van der Waals surface area (Å²) in [6.45, 7) is 0.351. The summed E-state index contributed by atoms with van der Waals surface area (Å²) in [6, 6.07) is 11.5. The van der Waals surface area contributed by atoms with Gasteiger partial charge in [-0.3, -0.25) is 4.79 Å². The van der Waals surface area contributed by atoms with Gasteiger partial charge in [0.15, 0.2) is 5.69 Å². The molecule has 0 fully saturated rings. The number of amides is 1. The maximum atomic E-state index is 12.9. The molecule has 3 aromatic rings. The number of rotatable bonds is 3. The standard InChI is InChI=1S/C16H13ClFN3O/c1-20(10-11-5-7-12(18)8-6-11)16(22)15-14(17)13-4-2-3-9-21(13)19-15/h2-9H,10H2,1H3. The predicted octanol–water partition coefficient (Wildman–Crippen LogP) is 3.40. The van der Waals surface area contributed by atoms with Gasteiger partial charge in [-0.1, -0.05) is 29.8 Å². The van der Waals surface area contributed by atoms with E-state index < -0.39 is 0 Å². The molecule has 0 spiro atoms. The Bertz CT molecular complexity index is 829. The molecule has 0 aliphatic rings. The highest BCUT2D eigenvalue weighted by molar-refractivity contribution is 6.36. The zero-order valence-electron chi connectivity index (χ0n) is 11.8. The number of benzene rings is 1. The summed E-state index contributed by atoms with van der Waals surface area (Å²) < 4.78 is 14.5. The maximum absolute atomic E-state index is 12.9. The van der Waals surface area contributed by atoms with Crippen LogP contribution in [0.25, 0.3) is 5.52 Å². The molecule has 2 heterocycles. The lowest BCUT2D eigenvalue weighted by Gasteiger charge is -2.16. The Balaban J connectivity index is 1.85. The average Bonchev–Trinajstić information content (AvgIpc) is 2.86. The fourth-order valence-electron chi connectivity index (χ4n) is 2.22. The van der Waals surface area contributed by atoms with E-state index in [-0.39, 0.29) is 17.4 Å². The summed E-state index contributed by atoms with van der Waals surface area (Å²) in [7, 11) is 1.66. The van der Waals surface area contributed by atoms with Gasteiger partial charge >= 0.3 is 0 Å². The van der Waals surface area contributed by atoms with E-state index in [1.165, 1.54) is 17.0 Å². The van der Waals surface area contributed by atoms with E-state index in [1.54, 1.807) is 36.0 Å². The van der Waals surface area contributed by atoms with Gasteiger partial charge in [0.05, 0.1) is 10.5 Å². The van der Waals surface area contributed by atoms with E-state index in [0.717, 1.165) is 5.56 Å². The molecule has 0 saturated carbocycles. The minimum atomic E-state index is -0.305. The molecule has 3 rings (SSSR count). The molecule has 1 amide bonds. The summed E-state index contributed by atoms with van der Waals surface area (Å²) in [5.41, 5.74) is 1.72. The number of hydrogen-bond acceptors (Lipinski definition) is 2. The molecular formula is C16H13ClFN3O. The quantitative estimate of drug-likeness (QED) is 0.742. The second kappa shape index (κ2) is 5.77. The molecule has 0 atom stereocenters. The van der Waals surface area contributed by atoms with Gasteiger partial charge in [-0.2, -0.15) is 5.10 Å². The van der Waals surface area contributed by atoms with Crippen molar-refractivity contribution < 1.29 is 9.18 Å². The number of carbonyl (C=O) groups excluding carboxylic acids is 1. The third-order valence-corrected chi connectivity index (χ3v) is 3.73. The molecule has 0 saturated heterocycles. The van der Waals surface area contributed by atoms with Crippen molar-refractivity contribution in [3.63, 3.8) is 0 Å². The number of pyridine rings is 1. The molecule has 0 N–H and O–H groups in total. The molecule has 112 valence electrons. The monoisotopic (exact) mass is 317 g/mol. The van der Waals surface area contributed by atoms with Crippen molar-refractivity contribution in [2.75, 3.05) is 7.05 Å². The van der Waals surface area contributed by atoms with E-state index >= 15 is 0 Å². The number of nitrogens with zero attached hydrogens (tertiary/aromatic N) is 3. The second-order valence-electron chi connectivity index (χ2n) is 4.98. The van der Waals surface area contributed by atoms with Crippen molar-refractivity contribution in [3.8, 4) is 0 Å². The molecule has 1 aromatic carbocycles. The summed E-state index contributed by atoms with van der Waals surface area (Å²) in [4.78, 5) is 14.0. The molecule has 0 unspecified atom stereocenters. The van der Waals surface area contributed by atoms with Gasteiger partial charge in [-0.15, -0.1) is 0 Å². The van der Waals surface area contributed by atoms with E-state index in [4.69, 9.17) is 11.6 Å². The fourth-order valence-corrected chi connectivity index (χ4v) is 2.49. The zero-order valence-corrected chi connectivity index (χ0v) is 12.6. The Morgan fingerprint density at radius 1 is 1.27 bits per heavy atom. The van der Waals surface area contributed by atoms with Crippen molar-refractivity contribution in [1.82, 2.24) is 14.5 Å². The number of aromatic nitrogens is 2. The number of hydrogen-bond donors (Lipinski definition) is 0. The molecule has 6 heteroatoms. The highest BCUT2D eigenvalue weighted by Crippen LogP contribution is 2.23. The van der Waals surface area contributed by atoms with Crippen molar-refractivity contribution in [1.29, 1.82) is 0 Å². The zero-order chi connectivity index (χ0) is 15.7. The van der Waals surface area contributed by atoms with Crippen molar-refractivity contribution in [3.05, 3.63) is 70.8 Å². The Kier molecular flexibility index (Phi) is 3.81. The summed E-state index contributed by atoms with van der Waals surface area (Å²) in [5.74, 6) is -0.584. The molecule has 2 aromatic heterocycles. The maximum Gasteiger partial charge on any atom is 0.275 e. The van der Waals surface area contributed by atoms with Crippen LogP contribution in [0, 0.1) is 5.82 Å². The van der Waals surface area contributed by atoms with Gasteiger partial charge in [-0.05, 0) is 29.8 Å². The van der Waals surface area contributed by atoms with E-state index in [0.29, 0.717) is 17.1 Å². The lowest BCUT2D eigenvalue weighted by Crippen LogP contribution is -2.26. The first kappa shape index (κ1) is 14.5. The topological polar surface area (TPSA) is 37.6 Å². The third-order valence-electron chi connectivity index (χ3n) is 3.36. The highest BCUT2D eigenvalue weighted by Gasteiger charge is 2.21. The minimum absolute atomic E-state index is 0.206. The smallest absolute Gasteiger partial charge is 0.275 e. The average molecular weight is 318 g/mol. The van der Waals surface area contributed by atoms with Crippen LogP contribution in [0.2, 0.25) is 5.02 Å². The van der Waals surface area contributed by atoms with Gasteiger partial charge in [0.2, 0.25) is 0 Å². The number of carbonyl (C=O) groups is 1.